The molecule has 0 fully saturated rings. The van der Waals surface area contributed by atoms with Crippen LogP contribution in [0.15, 0.2) is 108 Å². The minimum atomic E-state index is -4.77. The molecule has 12 heteroatoms. The fourth-order valence-corrected chi connectivity index (χ4v) is 6.59. The number of halogens is 4. The van der Waals surface area contributed by atoms with E-state index in [0.717, 1.165) is 23.3 Å². The molecular weight excluding hydrogens is 663 g/mol. The second-order valence-corrected chi connectivity index (χ2v) is 14.1. The number of amides is 2. The van der Waals surface area contributed by atoms with Crippen molar-refractivity contribution in [1.29, 1.82) is 0 Å². The van der Waals surface area contributed by atoms with Gasteiger partial charge in [-0.25, -0.2) is 8.42 Å². The summed E-state index contributed by atoms with van der Waals surface area (Å²) in [6.07, 6.45) is -4.69. The van der Waals surface area contributed by atoms with Crippen molar-refractivity contribution in [2.75, 3.05) is 17.4 Å². The summed E-state index contributed by atoms with van der Waals surface area (Å²) in [7, 11) is -4.58. The highest BCUT2D eigenvalue weighted by Crippen LogP contribution is 2.33. The third kappa shape index (κ3) is 9.38. The Hall–Kier alpha value is -4.35. The molecule has 4 aromatic rings. The summed E-state index contributed by atoms with van der Waals surface area (Å²) < 4.78 is 70.3. The van der Waals surface area contributed by atoms with Crippen molar-refractivity contribution in [3.05, 3.63) is 130 Å². The van der Waals surface area contributed by atoms with Gasteiger partial charge in [0.25, 0.3) is 10.0 Å². The highest BCUT2D eigenvalue weighted by Gasteiger charge is 2.36. The molecule has 4 aromatic carbocycles. The maximum Gasteiger partial charge on any atom is 0.416 e. The molecule has 0 heterocycles. The number of nitrogens with zero attached hydrogens (tertiary/aromatic N) is 2. The number of rotatable bonds is 13. The summed E-state index contributed by atoms with van der Waals surface area (Å²) >= 11 is 6.50. The fourth-order valence-electron chi connectivity index (χ4n) is 4.99. The smallest absolute Gasteiger partial charge is 0.354 e. The summed E-state index contributed by atoms with van der Waals surface area (Å²) in [5.74, 6) is -1.20. The normalized spacial score (nSPS) is 12.4. The van der Waals surface area contributed by atoms with Crippen molar-refractivity contribution in [3.8, 4) is 0 Å². The number of aryl methyl sites for hydroxylation is 1. The molecule has 0 aliphatic rings. The fraction of sp³-hybridized carbons (Fsp3) is 0.278. The first-order valence-electron chi connectivity index (χ1n) is 15.3. The maximum atomic E-state index is 14.5. The molecule has 1 N–H and O–H groups in total. The van der Waals surface area contributed by atoms with E-state index in [1.807, 2.05) is 19.9 Å². The van der Waals surface area contributed by atoms with Crippen molar-refractivity contribution in [2.45, 2.75) is 50.9 Å². The largest absolute Gasteiger partial charge is 0.416 e. The average molecular weight is 700 g/mol. The third-order valence-electron chi connectivity index (χ3n) is 7.60. The summed E-state index contributed by atoms with van der Waals surface area (Å²) in [6.45, 7) is 4.84. The van der Waals surface area contributed by atoms with E-state index in [4.69, 9.17) is 11.6 Å². The highest BCUT2D eigenvalue weighted by atomic mass is 35.5. The molecule has 0 aromatic heterocycles. The Morgan fingerprint density at radius 3 is 2.15 bits per heavy atom. The van der Waals surface area contributed by atoms with E-state index in [1.165, 1.54) is 23.1 Å². The first kappa shape index (κ1) is 36.5. The number of carbonyl (C=O) groups is 2. The molecule has 7 nitrogen and oxygen atoms in total. The zero-order valence-corrected chi connectivity index (χ0v) is 28.3. The molecule has 0 radical (unpaired) electrons. The molecule has 0 spiro atoms. The zero-order chi connectivity index (χ0) is 35.1. The number of anilines is 1. The molecule has 0 saturated carbocycles. The van der Waals surface area contributed by atoms with Gasteiger partial charge in [0.05, 0.1) is 16.1 Å². The topological polar surface area (TPSA) is 86.8 Å². The van der Waals surface area contributed by atoms with E-state index >= 15 is 0 Å². The lowest BCUT2D eigenvalue weighted by Crippen LogP contribution is -2.53. The predicted octanol–water partition coefficient (Wildman–Crippen LogP) is 7.27. The van der Waals surface area contributed by atoms with Crippen LogP contribution in [-0.4, -0.2) is 44.3 Å². The first-order chi connectivity index (χ1) is 22.7. The van der Waals surface area contributed by atoms with Crippen LogP contribution in [0.2, 0.25) is 5.02 Å². The monoisotopic (exact) mass is 699 g/mol. The Labute approximate surface area is 284 Å². The molecule has 1 atom stereocenters. The SMILES string of the molecule is Cc1ccc(S(=O)(=O)N(CC(=O)N(Cc2ccccc2Cl)C(Cc2ccccc2)C(=O)NCC(C)C)c2cccc(C(F)(F)F)c2)cc1. The summed E-state index contributed by atoms with van der Waals surface area (Å²) in [5, 5.41) is 3.20. The van der Waals surface area contributed by atoms with Crippen LogP contribution in [0.25, 0.3) is 0 Å². The van der Waals surface area contributed by atoms with E-state index in [1.54, 1.807) is 67.6 Å². The lowest BCUT2D eigenvalue weighted by Gasteiger charge is -2.34. The van der Waals surface area contributed by atoms with Crippen LogP contribution in [0, 0.1) is 12.8 Å². The van der Waals surface area contributed by atoms with Crippen molar-refractivity contribution in [3.63, 3.8) is 0 Å². The van der Waals surface area contributed by atoms with Gasteiger partial charge >= 0.3 is 6.18 Å². The predicted molar refractivity (Wildman–Crippen MR) is 181 cm³/mol. The van der Waals surface area contributed by atoms with Gasteiger partial charge in [-0.15, -0.1) is 0 Å². The van der Waals surface area contributed by atoms with Gasteiger partial charge in [-0.2, -0.15) is 13.2 Å². The Bertz CT molecular complexity index is 1820. The molecule has 2 amide bonds. The quantitative estimate of drug-likeness (QED) is 0.159. The van der Waals surface area contributed by atoms with Crippen molar-refractivity contribution >= 4 is 39.1 Å². The summed E-state index contributed by atoms with van der Waals surface area (Å²) in [5.41, 5.74) is 0.549. The van der Waals surface area contributed by atoms with Crippen LogP contribution in [0.1, 0.15) is 36.1 Å². The van der Waals surface area contributed by atoms with Gasteiger partial charge in [-0.1, -0.05) is 97.7 Å². The van der Waals surface area contributed by atoms with E-state index in [2.05, 4.69) is 5.32 Å². The van der Waals surface area contributed by atoms with Gasteiger partial charge in [-0.3, -0.25) is 13.9 Å². The molecule has 1 unspecified atom stereocenters. The minimum Gasteiger partial charge on any atom is -0.354 e. The van der Waals surface area contributed by atoms with E-state index < -0.39 is 46.2 Å². The van der Waals surface area contributed by atoms with Crippen molar-refractivity contribution in [1.82, 2.24) is 10.2 Å². The standard InChI is InChI=1S/C36H37ClF3N3O4S/c1-25(2)22-41-35(45)33(20-27-10-5-4-6-11-27)42(23-28-12-7-8-15-32(28)37)34(44)24-43(30-14-9-13-29(21-30)36(38,39)40)48(46,47)31-18-16-26(3)17-19-31/h4-19,21,25,33H,20,22-24H2,1-3H3,(H,41,45). The average Bonchev–Trinajstić information content (AvgIpc) is 3.05. The lowest BCUT2D eigenvalue weighted by molar-refractivity contribution is -0.140. The number of benzene rings is 4. The van der Waals surface area contributed by atoms with Crippen LogP contribution < -0.4 is 9.62 Å². The van der Waals surface area contributed by atoms with Gasteiger partial charge in [-0.05, 0) is 60.4 Å². The molecule has 0 aliphatic heterocycles. The van der Waals surface area contributed by atoms with Crippen LogP contribution in [0.3, 0.4) is 0 Å². The first-order valence-corrected chi connectivity index (χ1v) is 17.1. The van der Waals surface area contributed by atoms with Crippen LogP contribution in [0.5, 0.6) is 0 Å². The zero-order valence-electron chi connectivity index (χ0n) is 26.7. The number of hydrogen-bond acceptors (Lipinski definition) is 4. The molecule has 48 heavy (non-hydrogen) atoms. The molecule has 4 rings (SSSR count). The van der Waals surface area contributed by atoms with Gasteiger partial charge in [0.2, 0.25) is 11.8 Å². The Morgan fingerprint density at radius 2 is 1.52 bits per heavy atom. The van der Waals surface area contributed by atoms with Gasteiger partial charge in [0, 0.05) is 24.5 Å². The second-order valence-electron chi connectivity index (χ2n) is 11.8. The third-order valence-corrected chi connectivity index (χ3v) is 9.76. The summed E-state index contributed by atoms with van der Waals surface area (Å²) in [6, 6.07) is 24.2. The number of hydrogen-bond donors (Lipinski definition) is 1. The van der Waals surface area contributed by atoms with Gasteiger partial charge < -0.3 is 10.2 Å². The Balaban J connectivity index is 1.85. The summed E-state index contributed by atoms with van der Waals surface area (Å²) in [4.78, 5) is 29.4. The number of nitrogens with one attached hydrogen (secondary N) is 1. The second kappa shape index (κ2) is 15.7. The van der Waals surface area contributed by atoms with Crippen molar-refractivity contribution in [2.24, 2.45) is 5.92 Å². The molecule has 0 aliphatic carbocycles. The minimum absolute atomic E-state index is 0.0786. The number of alkyl halides is 3. The van der Waals surface area contributed by atoms with Crippen LogP contribution in [-0.2, 0) is 38.8 Å². The number of carbonyl (C=O) groups excluding carboxylic acids is 2. The lowest BCUT2D eigenvalue weighted by atomic mass is 10.0. The number of sulfonamides is 1. The van der Waals surface area contributed by atoms with E-state index in [0.29, 0.717) is 27.5 Å². The van der Waals surface area contributed by atoms with E-state index in [9.17, 15) is 31.2 Å². The molecule has 0 bridgehead atoms. The molecule has 254 valence electrons. The Morgan fingerprint density at radius 1 is 0.875 bits per heavy atom. The maximum absolute atomic E-state index is 14.5. The van der Waals surface area contributed by atoms with Crippen molar-refractivity contribution < 1.29 is 31.2 Å². The van der Waals surface area contributed by atoms with Crippen LogP contribution >= 0.6 is 11.6 Å². The van der Waals surface area contributed by atoms with Gasteiger partial charge in [0.15, 0.2) is 0 Å². The van der Waals surface area contributed by atoms with Gasteiger partial charge in [0.1, 0.15) is 12.6 Å². The van der Waals surface area contributed by atoms with E-state index in [-0.39, 0.29) is 29.5 Å². The Kier molecular flexibility index (Phi) is 11.9. The molecular formula is C36H37ClF3N3O4S. The molecule has 0 saturated heterocycles. The van der Waals surface area contributed by atoms with Crippen LogP contribution in [0.4, 0.5) is 18.9 Å². The highest BCUT2D eigenvalue weighted by molar-refractivity contribution is 7.92.